The van der Waals surface area contributed by atoms with Gasteiger partial charge in [0.2, 0.25) is 0 Å². The van der Waals surface area contributed by atoms with Crippen LogP contribution in [0.1, 0.15) is 39.8 Å². The second kappa shape index (κ2) is 5.96. The van der Waals surface area contributed by atoms with Crippen molar-refractivity contribution in [3.8, 4) is 0 Å². The highest BCUT2D eigenvalue weighted by Crippen LogP contribution is 2.08. The largest absolute Gasteiger partial charge is 0.358 e. The van der Waals surface area contributed by atoms with Crippen molar-refractivity contribution in [2.45, 2.75) is 46.2 Å². The second-order valence-electron chi connectivity index (χ2n) is 5.39. The second-order valence-corrected chi connectivity index (χ2v) is 5.39. The first-order valence-electron chi connectivity index (χ1n) is 6.19. The lowest BCUT2D eigenvalue weighted by molar-refractivity contribution is 0.421. The summed E-state index contributed by atoms with van der Waals surface area (Å²) in [6.07, 6.45) is 4.81. The quantitative estimate of drug-likeness (QED) is 0.851. The highest BCUT2D eigenvalue weighted by molar-refractivity contribution is 5.34. The van der Waals surface area contributed by atoms with Crippen LogP contribution in [0.25, 0.3) is 0 Å². The van der Waals surface area contributed by atoms with E-state index in [1.807, 2.05) is 19.4 Å². The Bertz CT molecular complexity index is 326. The monoisotopic (exact) mass is 236 g/mol. The van der Waals surface area contributed by atoms with Gasteiger partial charge in [-0.3, -0.25) is 4.98 Å². The molecule has 1 aromatic heterocycles. The fourth-order valence-electron chi connectivity index (χ4n) is 1.44. The fourth-order valence-corrected chi connectivity index (χ4v) is 1.44. The summed E-state index contributed by atoms with van der Waals surface area (Å²) in [7, 11) is 2.04. The van der Waals surface area contributed by atoms with E-state index < -0.39 is 0 Å². The zero-order chi connectivity index (χ0) is 12.9. The molecular weight excluding hydrogens is 212 g/mol. The highest BCUT2D eigenvalue weighted by atomic mass is 15.2. The van der Waals surface area contributed by atoms with Crippen LogP contribution in [0.3, 0.4) is 0 Å². The van der Waals surface area contributed by atoms with Crippen LogP contribution >= 0.6 is 0 Å². The Morgan fingerprint density at radius 1 is 1.24 bits per heavy atom. The number of aromatic nitrogens is 2. The van der Waals surface area contributed by atoms with Gasteiger partial charge in [-0.2, -0.15) is 0 Å². The predicted molar refractivity (Wildman–Crippen MR) is 72.2 cm³/mol. The Kier molecular flexibility index (Phi) is 4.87. The Morgan fingerprint density at radius 3 is 2.41 bits per heavy atom. The van der Waals surface area contributed by atoms with Crippen molar-refractivity contribution in [3.05, 3.63) is 18.1 Å². The molecule has 1 aromatic rings. The molecule has 0 saturated carbocycles. The first-order chi connectivity index (χ1) is 7.92. The summed E-state index contributed by atoms with van der Waals surface area (Å²) in [4.78, 5) is 11.0. The number of anilines is 1. The minimum atomic E-state index is 0.110. The van der Waals surface area contributed by atoms with E-state index in [4.69, 9.17) is 0 Å². The van der Waals surface area contributed by atoms with Gasteiger partial charge in [0.1, 0.15) is 5.82 Å². The minimum absolute atomic E-state index is 0.110. The molecule has 0 aromatic carbocycles. The molecule has 0 unspecified atom stereocenters. The standard InChI is InChI=1S/C13H24N4/c1-6-7-17(5)12-10-14-11(8-15-12)9-16-13(2,3)4/h8,10,16H,6-7,9H2,1-5H3. The molecule has 0 aliphatic heterocycles. The Balaban J connectivity index is 2.56. The topological polar surface area (TPSA) is 41.1 Å². The number of hydrogen-bond acceptors (Lipinski definition) is 4. The maximum atomic E-state index is 4.42. The zero-order valence-corrected chi connectivity index (χ0v) is 11.6. The molecule has 1 rings (SSSR count). The first kappa shape index (κ1) is 13.9. The summed E-state index contributed by atoms with van der Waals surface area (Å²) in [5.74, 6) is 0.936. The Morgan fingerprint density at radius 2 is 1.94 bits per heavy atom. The van der Waals surface area contributed by atoms with E-state index in [1.165, 1.54) is 0 Å². The number of rotatable bonds is 5. The van der Waals surface area contributed by atoms with Crippen molar-refractivity contribution in [1.29, 1.82) is 0 Å². The van der Waals surface area contributed by atoms with Crippen LogP contribution < -0.4 is 10.2 Å². The van der Waals surface area contributed by atoms with E-state index in [-0.39, 0.29) is 5.54 Å². The molecule has 1 N–H and O–H groups in total. The van der Waals surface area contributed by atoms with Crippen molar-refractivity contribution in [2.75, 3.05) is 18.5 Å². The van der Waals surface area contributed by atoms with Gasteiger partial charge in [0.05, 0.1) is 18.1 Å². The van der Waals surface area contributed by atoms with Crippen LogP contribution in [0.2, 0.25) is 0 Å². The lowest BCUT2D eigenvalue weighted by Crippen LogP contribution is -2.35. The molecule has 0 aliphatic carbocycles. The van der Waals surface area contributed by atoms with Gasteiger partial charge in [-0.1, -0.05) is 6.92 Å². The molecule has 17 heavy (non-hydrogen) atoms. The smallest absolute Gasteiger partial charge is 0.146 e. The van der Waals surface area contributed by atoms with E-state index in [0.29, 0.717) is 0 Å². The normalized spacial score (nSPS) is 11.6. The molecule has 0 atom stereocenters. The van der Waals surface area contributed by atoms with E-state index >= 15 is 0 Å². The average molecular weight is 236 g/mol. The summed E-state index contributed by atoms with van der Waals surface area (Å²) in [5.41, 5.74) is 1.09. The lowest BCUT2D eigenvalue weighted by atomic mass is 10.1. The van der Waals surface area contributed by atoms with Crippen LogP contribution in [0.4, 0.5) is 5.82 Å². The van der Waals surface area contributed by atoms with Gasteiger partial charge in [0, 0.05) is 25.7 Å². The molecule has 0 radical (unpaired) electrons. The minimum Gasteiger partial charge on any atom is -0.358 e. The maximum absolute atomic E-state index is 4.42. The predicted octanol–water partition coefficient (Wildman–Crippen LogP) is 2.21. The molecule has 0 amide bonds. The summed E-state index contributed by atoms with van der Waals surface area (Å²) in [6, 6.07) is 0. The van der Waals surface area contributed by atoms with Crippen LogP contribution in [0.5, 0.6) is 0 Å². The Labute approximate surface area is 104 Å². The van der Waals surface area contributed by atoms with E-state index in [2.05, 4.69) is 47.9 Å². The number of nitrogens with one attached hydrogen (secondary N) is 1. The highest BCUT2D eigenvalue weighted by Gasteiger charge is 2.09. The summed E-state index contributed by atoms with van der Waals surface area (Å²) in [6.45, 7) is 10.4. The molecule has 4 heteroatoms. The molecule has 0 aliphatic rings. The van der Waals surface area contributed by atoms with Gasteiger partial charge >= 0.3 is 0 Å². The molecule has 0 bridgehead atoms. The van der Waals surface area contributed by atoms with Gasteiger partial charge in [0.15, 0.2) is 0 Å². The average Bonchev–Trinajstić information content (AvgIpc) is 2.26. The van der Waals surface area contributed by atoms with E-state index in [0.717, 1.165) is 31.0 Å². The lowest BCUT2D eigenvalue weighted by Gasteiger charge is -2.20. The van der Waals surface area contributed by atoms with Crippen LogP contribution in [-0.2, 0) is 6.54 Å². The summed E-state index contributed by atoms with van der Waals surface area (Å²) < 4.78 is 0. The van der Waals surface area contributed by atoms with Crippen molar-refractivity contribution in [2.24, 2.45) is 0 Å². The molecule has 1 heterocycles. The molecular formula is C13H24N4. The van der Waals surface area contributed by atoms with Crippen molar-refractivity contribution >= 4 is 5.82 Å². The third kappa shape index (κ3) is 5.13. The van der Waals surface area contributed by atoms with E-state index in [1.54, 1.807) is 0 Å². The van der Waals surface area contributed by atoms with Gasteiger partial charge in [-0.05, 0) is 27.2 Å². The SMILES string of the molecule is CCCN(C)c1cnc(CNC(C)(C)C)cn1. The zero-order valence-electron chi connectivity index (χ0n) is 11.6. The number of nitrogens with zero attached hydrogens (tertiary/aromatic N) is 3. The molecule has 0 saturated heterocycles. The maximum Gasteiger partial charge on any atom is 0.146 e. The van der Waals surface area contributed by atoms with Gasteiger partial charge < -0.3 is 10.2 Å². The summed E-state index contributed by atoms with van der Waals surface area (Å²) >= 11 is 0. The molecule has 0 spiro atoms. The molecule has 96 valence electrons. The van der Waals surface area contributed by atoms with Crippen LogP contribution in [0.15, 0.2) is 12.4 Å². The number of hydrogen-bond donors (Lipinski definition) is 1. The fraction of sp³-hybridized carbons (Fsp3) is 0.692. The summed E-state index contributed by atoms with van der Waals surface area (Å²) in [5, 5.41) is 3.40. The van der Waals surface area contributed by atoms with Crippen molar-refractivity contribution in [3.63, 3.8) is 0 Å². The molecule has 0 fully saturated rings. The first-order valence-corrected chi connectivity index (χ1v) is 6.19. The van der Waals surface area contributed by atoms with Crippen molar-refractivity contribution < 1.29 is 0 Å². The Hall–Kier alpha value is -1.16. The third-order valence-electron chi connectivity index (χ3n) is 2.44. The molecule has 4 nitrogen and oxygen atoms in total. The van der Waals surface area contributed by atoms with Crippen LogP contribution in [0, 0.1) is 0 Å². The van der Waals surface area contributed by atoms with Gasteiger partial charge in [-0.15, -0.1) is 0 Å². The van der Waals surface area contributed by atoms with Crippen LogP contribution in [-0.4, -0.2) is 29.1 Å². The third-order valence-corrected chi connectivity index (χ3v) is 2.44. The van der Waals surface area contributed by atoms with Gasteiger partial charge in [0.25, 0.3) is 0 Å². The van der Waals surface area contributed by atoms with E-state index in [9.17, 15) is 0 Å². The van der Waals surface area contributed by atoms with Crippen molar-refractivity contribution in [1.82, 2.24) is 15.3 Å². The van der Waals surface area contributed by atoms with Gasteiger partial charge in [-0.25, -0.2) is 4.98 Å².